The molecule has 2 bridgehead atoms. The monoisotopic (exact) mass is 179 g/mol. The second kappa shape index (κ2) is 2.73. The Morgan fingerprint density at radius 2 is 1.77 bits per heavy atom. The van der Waals surface area contributed by atoms with Gasteiger partial charge in [-0.15, -0.1) is 0 Å². The number of fused-ring (bicyclic) bond motifs is 5. The predicted molar refractivity (Wildman–Crippen MR) is 54.1 cm³/mol. The lowest BCUT2D eigenvalue weighted by Gasteiger charge is -2.29. The van der Waals surface area contributed by atoms with Crippen molar-refractivity contribution in [3.8, 4) is 0 Å². The lowest BCUT2D eigenvalue weighted by molar-refractivity contribution is 0.201. The van der Waals surface area contributed by atoms with Gasteiger partial charge in [-0.1, -0.05) is 6.92 Å². The maximum Gasteiger partial charge on any atom is -0.00487 e. The summed E-state index contributed by atoms with van der Waals surface area (Å²) in [6, 6.07) is 0. The molecule has 0 spiro atoms. The largest absolute Gasteiger partial charge is 0.330 e. The Morgan fingerprint density at radius 1 is 1.00 bits per heavy atom. The van der Waals surface area contributed by atoms with Crippen molar-refractivity contribution in [3.63, 3.8) is 0 Å². The van der Waals surface area contributed by atoms with Crippen molar-refractivity contribution in [2.45, 2.75) is 32.6 Å². The molecule has 0 heterocycles. The van der Waals surface area contributed by atoms with E-state index in [1.165, 1.54) is 19.3 Å². The number of rotatable bonds is 1. The van der Waals surface area contributed by atoms with Gasteiger partial charge in [-0.2, -0.15) is 0 Å². The van der Waals surface area contributed by atoms with Crippen LogP contribution < -0.4 is 5.73 Å². The minimum absolute atomic E-state index is 0.880. The smallest absolute Gasteiger partial charge is 0.00487 e. The third-order valence-corrected chi connectivity index (χ3v) is 5.23. The zero-order valence-electron chi connectivity index (χ0n) is 8.58. The van der Waals surface area contributed by atoms with Crippen molar-refractivity contribution in [1.29, 1.82) is 0 Å². The summed E-state index contributed by atoms with van der Waals surface area (Å²) < 4.78 is 0. The van der Waals surface area contributed by atoms with Gasteiger partial charge in [0.2, 0.25) is 0 Å². The van der Waals surface area contributed by atoms with E-state index in [1.54, 1.807) is 6.42 Å². The first-order valence-electron chi connectivity index (χ1n) is 5.99. The lowest BCUT2D eigenvalue weighted by Crippen LogP contribution is -2.22. The zero-order chi connectivity index (χ0) is 9.00. The highest BCUT2D eigenvalue weighted by molar-refractivity contribution is 5.03. The Labute approximate surface area is 81.1 Å². The summed E-state index contributed by atoms with van der Waals surface area (Å²) in [6.07, 6.45) is 6.03. The van der Waals surface area contributed by atoms with Gasteiger partial charge < -0.3 is 5.73 Å². The summed E-state index contributed by atoms with van der Waals surface area (Å²) in [4.78, 5) is 0. The van der Waals surface area contributed by atoms with Crippen LogP contribution in [-0.2, 0) is 0 Å². The lowest BCUT2D eigenvalue weighted by atomic mass is 9.77. The predicted octanol–water partition coefficient (Wildman–Crippen LogP) is 2.26. The van der Waals surface area contributed by atoms with Gasteiger partial charge in [-0.05, 0) is 67.7 Å². The highest BCUT2D eigenvalue weighted by Crippen LogP contribution is 2.61. The van der Waals surface area contributed by atoms with Crippen molar-refractivity contribution < 1.29 is 0 Å². The number of hydrogen-bond donors (Lipinski definition) is 1. The molecule has 3 fully saturated rings. The van der Waals surface area contributed by atoms with Crippen molar-refractivity contribution in [2.24, 2.45) is 41.2 Å². The maximum absolute atomic E-state index is 5.78. The standard InChI is InChI=1S/C12H21N/c1-7-2-9-5-10(7)12-4-8(6-13)3-11(9)12/h7-12H,2-6,13H2,1H3. The minimum atomic E-state index is 0.880. The Morgan fingerprint density at radius 3 is 2.54 bits per heavy atom. The molecule has 74 valence electrons. The van der Waals surface area contributed by atoms with E-state index in [4.69, 9.17) is 5.73 Å². The second-order valence-electron chi connectivity index (χ2n) is 5.77. The fourth-order valence-electron chi connectivity index (χ4n) is 4.72. The minimum Gasteiger partial charge on any atom is -0.330 e. The van der Waals surface area contributed by atoms with E-state index in [-0.39, 0.29) is 0 Å². The molecule has 3 saturated carbocycles. The average Bonchev–Trinajstić information content (AvgIpc) is 2.71. The van der Waals surface area contributed by atoms with Crippen LogP contribution in [0.4, 0.5) is 0 Å². The van der Waals surface area contributed by atoms with Crippen LogP contribution in [0.25, 0.3) is 0 Å². The third-order valence-electron chi connectivity index (χ3n) is 5.23. The second-order valence-corrected chi connectivity index (χ2v) is 5.77. The van der Waals surface area contributed by atoms with Crippen LogP contribution in [0.1, 0.15) is 32.6 Å². The van der Waals surface area contributed by atoms with E-state index in [0.29, 0.717) is 0 Å². The maximum atomic E-state index is 5.78. The molecule has 3 aliphatic rings. The molecule has 3 rings (SSSR count). The van der Waals surface area contributed by atoms with E-state index >= 15 is 0 Å². The molecular weight excluding hydrogens is 158 g/mol. The normalized spacial score (nSPS) is 58.6. The molecule has 1 heteroatoms. The Hall–Kier alpha value is -0.0400. The van der Waals surface area contributed by atoms with Crippen LogP contribution in [-0.4, -0.2) is 6.54 Å². The molecule has 0 aromatic carbocycles. The van der Waals surface area contributed by atoms with E-state index in [9.17, 15) is 0 Å². The highest BCUT2D eigenvalue weighted by atomic mass is 14.6. The highest BCUT2D eigenvalue weighted by Gasteiger charge is 2.54. The van der Waals surface area contributed by atoms with Gasteiger partial charge >= 0.3 is 0 Å². The number of hydrogen-bond acceptors (Lipinski definition) is 1. The van der Waals surface area contributed by atoms with Gasteiger partial charge in [-0.25, -0.2) is 0 Å². The van der Waals surface area contributed by atoms with Crippen molar-refractivity contribution in [2.75, 3.05) is 6.54 Å². The van der Waals surface area contributed by atoms with Gasteiger partial charge in [-0.3, -0.25) is 0 Å². The van der Waals surface area contributed by atoms with Crippen LogP contribution in [0.3, 0.4) is 0 Å². The van der Waals surface area contributed by atoms with Gasteiger partial charge in [0.1, 0.15) is 0 Å². The summed E-state index contributed by atoms with van der Waals surface area (Å²) in [5, 5.41) is 0. The first-order valence-corrected chi connectivity index (χ1v) is 5.99. The van der Waals surface area contributed by atoms with Crippen LogP contribution in [0, 0.1) is 35.5 Å². The molecule has 0 aromatic heterocycles. The van der Waals surface area contributed by atoms with E-state index in [0.717, 1.165) is 42.1 Å². The Bertz CT molecular complexity index is 213. The first-order chi connectivity index (χ1) is 6.29. The summed E-state index contributed by atoms with van der Waals surface area (Å²) in [6.45, 7) is 3.41. The molecule has 3 aliphatic carbocycles. The van der Waals surface area contributed by atoms with Crippen LogP contribution in [0.15, 0.2) is 0 Å². The molecule has 2 N–H and O–H groups in total. The fraction of sp³-hybridized carbons (Fsp3) is 1.00. The van der Waals surface area contributed by atoms with Crippen LogP contribution in [0.5, 0.6) is 0 Å². The molecular formula is C12H21N. The Balaban J connectivity index is 1.79. The molecule has 1 nitrogen and oxygen atoms in total. The topological polar surface area (TPSA) is 26.0 Å². The third kappa shape index (κ3) is 1.03. The number of nitrogens with two attached hydrogens (primary N) is 1. The fourth-order valence-corrected chi connectivity index (χ4v) is 4.72. The van der Waals surface area contributed by atoms with Gasteiger partial charge in [0.25, 0.3) is 0 Å². The summed E-state index contributed by atoms with van der Waals surface area (Å²) in [5.41, 5.74) is 5.78. The average molecular weight is 179 g/mol. The first kappa shape index (κ1) is 8.28. The van der Waals surface area contributed by atoms with Crippen molar-refractivity contribution >= 4 is 0 Å². The van der Waals surface area contributed by atoms with E-state index in [1.807, 2.05) is 0 Å². The van der Waals surface area contributed by atoms with E-state index in [2.05, 4.69) is 6.92 Å². The quantitative estimate of drug-likeness (QED) is 0.656. The molecule has 6 unspecified atom stereocenters. The van der Waals surface area contributed by atoms with Crippen molar-refractivity contribution in [3.05, 3.63) is 0 Å². The molecule has 0 saturated heterocycles. The van der Waals surface area contributed by atoms with Gasteiger partial charge in [0.15, 0.2) is 0 Å². The summed E-state index contributed by atoms with van der Waals surface area (Å²) >= 11 is 0. The molecule has 0 amide bonds. The van der Waals surface area contributed by atoms with Crippen molar-refractivity contribution in [1.82, 2.24) is 0 Å². The Kier molecular flexibility index (Phi) is 1.74. The molecule has 0 aromatic rings. The SMILES string of the molecule is CC1CC2CC1C1CC(CN)CC21. The molecule has 0 radical (unpaired) electrons. The summed E-state index contributed by atoms with van der Waals surface area (Å²) in [7, 11) is 0. The van der Waals surface area contributed by atoms with Gasteiger partial charge in [0, 0.05) is 0 Å². The molecule has 0 aliphatic heterocycles. The zero-order valence-corrected chi connectivity index (χ0v) is 8.58. The van der Waals surface area contributed by atoms with E-state index < -0.39 is 0 Å². The summed E-state index contributed by atoms with van der Waals surface area (Å²) in [5.74, 6) is 6.28. The molecule has 13 heavy (non-hydrogen) atoms. The molecule has 6 atom stereocenters. The van der Waals surface area contributed by atoms with Crippen LogP contribution >= 0.6 is 0 Å². The van der Waals surface area contributed by atoms with Gasteiger partial charge in [0.05, 0.1) is 0 Å². The van der Waals surface area contributed by atoms with Crippen LogP contribution in [0.2, 0.25) is 0 Å².